The average molecular weight is 332 g/mol. The number of aromatic nitrogens is 1. The summed E-state index contributed by atoms with van der Waals surface area (Å²) < 4.78 is 13.7. The van der Waals surface area contributed by atoms with Crippen molar-refractivity contribution in [3.8, 4) is 0 Å². The Bertz CT molecular complexity index is 922. The Morgan fingerprint density at radius 3 is 2.88 bits per heavy atom. The Kier molecular flexibility index (Phi) is 4.49. The van der Waals surface area contributed by atoms with E-state index in [2.05, 4.69) is 46.7 Å². The van der Waals surface area contributed by atoms with Gasteiger partial charge in [-0.15, -0.1) is 0 Å². The smallest absolute Gasteiger partial charge is 0.125 e. The van der Waals surface area contributed by atoms with Gasteiger partial charge in [-0.1, -0.05) is 48.6 Å². The van der Waals surface area contributed by atoms with E-state index in [0.717, 1.165) is 35.9 Å². The Morgan fingerprint density at radius 1 is 1.12 bits per heavy atom. The number of hydrogen-bond donors (Lipinski definition) is 2. The van der Waals surface area contributed by atoms with Gasteiger partial charge in [0, 0.05) is 29.7 Å². The summed E-state index contributed by atoms with van der Waals surface area (Å²) in [6.45, 7) is 0.894. The highest BCUT2D eigenvalue weighted by Crippen LogP contribution is 2.25. The minimum atomic E-state index is -0.209. The molecule has 2 N–H and O–H groups in total. The largest absolute Gasteiger partial charge is 0.361 e. The van der Waals surface area contributed by atoms with Crippen molar-refractivity contribution in [1.29, 1.82) is 0 Å². The molecule has 4 rings (SSSR count). The zero-order valence-corrected chi connectivity index (χ0v) is 14.0. The second-order valence-electron chi connectivity index (χ2n) is 6.48. The maximum absolute atomic E-state index is 13.7. The van der Waals surface area contributed by atoms with Gasteiger partial charge in [-0.3, -0.25) is 0 Å². The number of benzene rings is 2. The van der Waals surface area contributed by atoms with Crippen LogP contribution >= 0.6 is 0 Å². The van der Waals surface area contributed by atoms with Gasteiger partial charge < -0.3 is 10.3 Å². The van der Waals surface area contributed by atoms with Crippen molar-refractivity contribution in [3.05, 3.63) is 83.8 Å². The van der Waals surface area contributed by atoms with Crippen LogP contribution in [0.15, 0.2) is 66.9 Å². The predicted octanol–water partition coefficient (Wildman–Crippen LogP) is 5.16. The van der Waals surface area contributed by atoms with E-state index < -0.39 is 0 Å². The monoisotopic (exact) mass is 332 g/mol. The third kappa shape index (κ3) is 3.57. The molecule has 0 fully saturated rings. The molecule has 2 nitrogen and oxygen atoms in total. The summed E-state index contributed by atoms with van der Waals surface area (Å²) in [4.78, 5) is 3.07. The maximum Gasteiger partial charge on any atom is 0.125 e. The summed E-state index contributed by atoms with van der Waals surface area (Å²) in [6, 6.07) is 16.1. The van der Waals surface area contributed by atoms with E-state index in [-0.39, 0.29) is 5.82 Å². The molecule has 0 saturated carbocycles. The highest BCUT2D eigenvalue weighted by atomic mass is 19.1. The molecule has 0 bridgehead atoms. The fourth-order valence-corrected chi connectivity index (χ4v) is 3.48. The fourth-order valence-electron chi connectivity index (χ4n) is 3.48. The standard InChI is InChI=1S/C22H21FN2/c23-19-13-18(21-10-12-25-22(21)15-19)7-4-8-20-14-17(9-11-24-20)16-5-2-1-3-6-16/h1-7,9-10,12-13,15,20,24-25H,8,11,14H2/b7-4+. The lowest BCUT2D eigenvalue weighted by Gasteiger charge is -2.23. The first-order chi connectivity index (χ1) is 12.3. The summed E-state index contributed by atoms with van der Waals surface area (Å²) in [5, 5.41) is 4.60. The van der Waals surface area contributed by atoms with Crippen molar-refractivity contribution in [2.24, 2.45) is 0 Å². The van der Waals surface area contributed by atoms with Gasteiger partial charge in [0.25, 0.3) is 0 Å². The lowest BCUT2D eigenvalue weighted by Crippen LogP contribution is -2.32. The topological polar surface area (TPSA) is 27.8 Å². The number of rotatable bonds is 4. The molecule has 3 heteroatoms. The van der Waals surface area contributed by atoms with Gasteiger partial charge in [-0.2, -0.15) is 0 Å². The van der Waals surface area contributed by atoms with Crippen LogP contribution in [0.2, 0.25) is 0 Å². The van der Waals surface area contributed by atoms with Crippen LogP contribution in [0.1, 0.15) is 24.0 Å². The maximum atomic E-state index is 13.7. The van der Waals surface area contributed by atoms with Crippen molar-refractivity contribution < 1.29 is 4.39 Å². The molecular formula is C22H21FN2. The van der Waals surface area contributed by atoms with Crippen LogP contribution in [-0.4, -0.2) is 17.6 Å². The van der Waals surface area contributed by atoms with Gasteiger partial charge in [0.05, 0.1) is 0 Å². The first kappa shape index (κ1) is 15.9. The Balaban J connectivity index is 1.45. The van der Waals surface area contributed by atoms with Crippen molar-refractivity contribution in [2.75, 3.05) is 6.54 Å². The van der Waals surface area contributed by atoms with E-state index in [4.69, 9.17) is 0 Å². The number of nitrogens with one attached hydrogen (secondary N) is 2. The summed E-state index contributed by atoms with van der Waals surface area (Å²) in [5.74, 6) is -0.209. The number of aromatic amines is 1. The van der Waals surface area contributed by atoms with Gasteiger partial charge in [0.15, 0.2) is 0 Å². The van der Waals surface area contributed by atoms with Gasteiger partial charge in [-0.25, -0.2) is 4.39 Å². The van der Waals surface area contributed by atoms with Crippen LogP contribution in [0.5, 0.6) is 0 Å². The molecule has 0 saturated heterocycles. The molecule has 126 valence electrons. The number of fused-ring (bicyclic) bond motifs is 1. The normalized spacial score (nSPS) is 18.0. The van der Waals surface area contributed by atoms with Crippen LogP contribution in [-0.2, 0) is 0 Å². The zero-order valence-electron chi connectivity index (χ0n) is 14.0. The molecule has 0 spiro atoms. The minimum absolute atomic E-state index is 0.209. The van der Waals surface area contributed by atoms with Crippen molar-refractivity contribution in [3.63, 3.8) is 0 Å². The van der Waals surface area contributed by atoms with Crippen LogP contribution in [0.25, 0.3) is 22.6 Å². The van der Waals surface area contributed by atoms with Crippen molar-refractivity contribution in [1.82, 2.24) is 10.3 Å². The lowest BCUT2D eigenvalue weighted by atomic mass is 9.93. The third-order valence-corrected chi connectivity index (χ3v) is 4.75. The second-order valence-corrected chi connectivity index (χ2v) is 6.48. The van der Waals surface area contributed by atoms with Gasteiger partial charge >= 0.3 is 0 Å². The number of halogens is 1. The van der Waals surface area contributed by atoms with Crippen LogP contribution in [0.4, 0.5) is 4.39 Å². The molecule has 3 aromatic rings. The van der Waals surface area contributed by atoms with E-state index in [1.54, 1.807) is 6.07 Å². The molecule has 2 heterocycles. The van der Waals surface area contributed by atoms with Gasteiger partial charge in [0.1, 0.15) is 5.82 Å². The van der Waals surface area contributed by atoms with Crippen molar-refractivity contribution >= 4 is 22.6 Å². The van der Waals surface area contributed by atoms with E-state index in [1.807, 2.05) is 24.4 Å². The van der Waals surface area contributed by atoms with E-state index >= 15 is 0 Å². The first-order valence-electron chi connectivity index (χ1n) is 8.70. The van der Waals surface area contributed by atoms with Crippen molar-refractivity contribution in [2.45, 2.75) is 18.9 Å². The summed E-state index contributed by atoms with van der Waals surface area (Å²) in [7, 11) is 0. The van der Waals surface area contributed by atoms with E-state index in [0.29, 0.717) is 6.04 Å². The highest BCUT2D eigenvalue weighted by molar-refractivity contribution is 5.88. The highest BCUT2D eigenvalue weighted by Gasteiger charge is 2.14. The van der Waals surface area contributed by atoms with Crippen LogP contribution in [0, 0.1) is 5.82 Å². The van der Waals surface area contributed by atoms with Gasteiger partial charge in [0.2, 0.25) is 0 Å². The SMILES string of the molecule is Fc1cc(/C=C/CC2CC(c3ccccc3)=CCN2)c2cc[nH]c2c1. The summed E-state index contributed by atoms with van der Waals surface area (Å²) in [5.41, 5.74) is 4.46. The third-order valence-electron chi connectivity index (χ3n) is 4.75. The molecule has 25 heavy (non-hydrogen) atoms. The van der Waals surface area contributed by atoms with Gasteiger partial charge in [-0.05, 0) is 47.7 Å². The molecule has 1 aromatic heterocycles. The quantitative estimate of drug-likeness (QED) is 0.679. The number of hydrogen-bond acceptors (Lipinski definition) is 1. The predicted molar refractivity (Wildman–Crippen MR) is 103 cm³/mol. The van der Waals surface area contributed by atoms with Crippen LogP contribution in [0.3, 0.4) is 0 Å². The minimum Gasteiger partial charge on any atom is -0.361 e. The average Bonchev–Trinajstić information content (AvgIpc) is 3.11. The molecule has 0 amide bonds. The zero-order chi connectivity index (χ0) is 17.1. The van der Waals surface area contributed by atoms with E-state index in [1.165, 1.54) is 17.2 Å². The second kappa shape index (κ2) is 7.08. The number of H-pyrrole nitrogens is 1. The molecule has 1 aliphatic heterocycles. The molecule has 0 aliphatic carbocycles. The van der Waals surface area contributed by atoms with E-state index in [9.17, 15) is 4.39 Å². The Morgan fingerprint density at radius 2 is 2.00 bits per heavy atom. The molecule has 1 unspecified atom stereocenters. The first-order valence-corrected chi connectivity index (χ1v) is 8.70. The molecule has 1 aliphatic rings. The molecular weight excluding hydrogens is 311 g/mol. The molecule has 0 radical (unpaired) electrons. The summed E-state index contributed by atoms with van der Waals surface area (Å²) in [6.07, 6.45) is 10.2. The van der Waals surface area contributed by atoms with Crippen LogP contribution < -0.4 is 5.32 Å². The molecule has 1 atom stereocenters. The Hall–Kier alpha value is -2.65. The Labute approximate surface area is 147 Å². The molecule has 2 aromatic carbocycles. The fraction of sp³-hybridized carbons (Fsp3) is 0.182. The lowest BCUT2D eigenvalue weighted by molar-refractivity contribution is 0.542. The summed E-state index contributed by atoms with van der Waals surface area (Å²) >= 11 is 0.